The molecule has 0 aromatic carbocycles. The molecule has 2 aliphatic rings. The van der Waals surface area contributed by atoms with Gasteiger partial charge in [-0.15, -0.1) is 35.3 Å². The fourth-order valence-electron chi connectivity index (χ4n) is 3.65. The van der Waals surface area contributed by atoms with Gasteiger partial charge in [-0.2, -0.15) is 0 Å². The van der Waals surface area contributed by atoms with Gasteiger partial charge in [0.1, 0.15) is 0 Å². The molecule has 0 bridgehead atoms. The van der Waals surface area contributed by atoms with Crippen molar-refractivity contribution in [3.8, 4) is 0 Å². The molecule has 1 aromatic rings. The summed E-state index contributed by atoms with van der Waals surface area (Å²) in [5, 5.41) is 7.01. The van der Waals surface area contributed by atoms with Crippen molar-refractivity contribution in [3.05, 3.63) is 16.1 Å². The van der Waals surface area contributed by atoms with E-state index in [1.165, 1.54) is 43.5 Å². The van der Waals surface area contributed by atoms with Crippen LogP contribution in [0.25, 0.3) is 0 Å². The minimum Gasteiger partial charge on any atom is -0.357 e. The Morgan fingerprint density at radius 1 is 1.38 bits per heavy atom. The van der Waals surface area contributed by atoms with Crippen LogP contribution in [0.1, 0.15) is 49.6 Å². The maximum atomic E-state index is 4.75. The highest BCUT2D eigenvalue weighted by Gasteiger charge is 2.30. The second-order valence-electron chi connectivity index (χ2n) is 6.62. The van der Waals surface area contributed by atoms with Crippen molar-refractivity contribution in [1.82, 2.24) is 20.5 Å². The highest BCUT2D eigenvalue weighted by Crippen LogP contribution is 2.26. The van der Waals surface area contributed by atoms with Gasteiger partial charge in [0.2, 0.25) is 0 Å². The summed E-state index contributed by atoms with van der Waals surface area (Å²) in [7, 11) is 0. The van der Waals surface area contributed by atoms with Gasteiger partial charge in [0.15, 0.2) is 5.96 Å². The molecular formula is C17H30IN5S. The number of aromatic nitrogens is 1. The van der Waals surface area contributed by atoms with Crippen LogP contribution in [0.15, 0.2) is 10.5 Å². The summed E-state index contributed by atoms with van der Waals surface area (Å²) >= 11 is 1.69. The van der Waals surface area contributed by atoms with Gasteiger partial charge in [0.05, 0.1) is 17.7 Å². The third-order valence-electron chi connectivity index (χ3n) is 4.97. The van der Waals surface area contributed by atoms with Crippen LogP contribution in [-0.4, -0.2) is 47.6 Å². The predicted molar refractivity (Wildman–Crippen MR) is 112 cm³/mol. The lowest BCUT2D eigenvalue weighted by Gasteiger charge is -2.24. The van der Waals surface area contributed by atoms with Gasteiger partial charge in [-0.1, -0.05) is 12.8 Å². The van der Waals surface area contributed by atoms with Crippen LogP contribution in [0.4, 0.5) is 0 Å². The summed E-state index contributed by atoms with van der Waals surface area (Å²) < 4.78 is 0. The first-order valence-electron chi connectivity index (χ1n) is 8.94. The van der Waals surface area contributed by atoms with Crippen LogP contribution >= 0.6 is 35.3 Å². The average molecular weight is 463 g/mol. The standard InChI is InChI=1S/C17H29N5S.HI/c1-3-18-17(19-10-16-13(2)20-12-23-16)21-14-8-9-22(11-14)15-6-4-5-7-15;/h12,14-15H,3-11H2,1-2H3,(H2,18,19,21);1H. The Kier molecular flexibility index (Phi) is 8.22. The first kappa shape index (κ1) is 19.9. The molecule has 1 saturated heterocycles. The van der Waals surface area contributed by atoms with Crippen molar-refractivity contribution in [2.24, 2.45) is 4.99 Å². The smallest absolute Gasteiger partial charge is 0.191 e. The van der Waals surface area contributed by atoms with E-state index in [0.717, 1.165) is 30.8 Å². The van der Waals surface area contributed by atoms with E-state index >= 15 is 0 Å². The number of rotatable bonds is 5. The van der Waals surface area contributed by atoms with Crippen LogP contribution in [0.3, 0.4) is 0 Å². The summed E-state index contributed by atoms with van der Waals surface area (Å²) in [6, 6.07) is 1.36. The Morgan fingerprint density at radius 2 is 2.17 bits per heavy atom. The molecule has 0 amide bonds. The van der Waals surface area contributed by atoms with Crippen molar-refractivity contribution in [3.63, 3.8) is 0 Å². The number of aryl methyl sites for hydroxylation is 1. The minimum atomic E-state index is 0. The third kappa shape index (κ3) is 5.29. The molecule has 3 rings (SSSR count). The molecule has 0 radical (unpaired) electrons. The maximum absolute atomic E-state index is 4.75. The van der Waals surface area contributed by atoms with Gasteiger partial charge in [0.25, 0.3) is 0 Å². The summed E-state index contributed by atoms with van der Waals surface area (Å²) in [5.41, 5.74) is 3.00. The van der Waals surface area contributed by atoms with Crippen LogP contribution < -0.4 is 10.6 Å². The molecule has 5 nitrogen and oxygen atoms in total. The number of nitrogens with one attached hydrogen (secondary N) is 2. The minimum absolute atomic E-state index is 0. The molecule has 0 spiro atoms. The van der Waals surface area contributed by atoms with E-state index in [0.29, 0.717) is 12.6 Å². The SMILES string of the molecule is CCNC(=NCc1scnc1C)NC1CCN(C2CCCC2)C1.I. The van der Waals surface area contributed by atoms with Gasteiger partial charge in [-0.25, -0.2) is 9.98 Å². The van der Waals surface area contributed by atoms with Crippen molar-refractivity contribution >= 4 is 41.3 Å². The average Bonchev–Trinajstić information content (AvgIpc) is 3.26. The topological polar surface area (TPSA) is 52.6 Å². The highest BCUT2D eigenvalue weighted by atomic mass is 127. The zero-order chi connectivity index (χ0) is 16.1. The van der Waals surface area contributed by atoms with E-state index in [1.807, 2.05) is 5.51 Å². The predicted octanol–water partition coefficient (Wildman–Crippen LogP) is 3.14. The Balaban J connectivity index is 0.00000208. The van der Waals surface area contributed by atoms with Gasteiger partial charge >= 0.3 is 0 Å². The van der Waals surface area contributed by atoms with Crippen LogP contribution in [-0.2, 0) is 6.54 Å². The number of likely N-dealkylation sites (tertiary alicyclic amines) is 1. The number of hydrogen-bond donors (Lipinski definition) is 2. The summed E-state index contributed by atoms with van der Waals surface area (Å²) in [6.07, 6.45) is 6.84. The summed E-state index contributed by atoms with van der Waals surface area (Å²) in [6.45, 7) is 8.18. The number of thiazole rings is 1. The van der Waals surface area contributed by atoms with Gasteiger partial charge in [-0.3, -0.25) is 4.90 Å². The monoisotopic (exact) mass is 463 g/mol. The molecule has 2 fully saturated rings. The fourth-order valence-corrected chi connectivity index (χ4v) is 4.35. The fraction of sp³-hybridized carbons (Fsp3) is 0.765. The maximum Gasteiger partial charge on any atom is 0.191 e. The van der Waals surface area contributed by atoms with E-state index in [1.54, 1.807) is 11.3 Å². The van der Waals surface area contributed by atoms with Crippen molar-refractivity contribution in [2.45, 2.75) is 64.6 Å². The molecule has 1 aliphatic heterocycles. The van der Waals surface area contributed by atoms with Crippen LogP contribution in [0, 0.1) is 6.92 Å². The van der Waals surface area contributed by atoms with Crippen molar-refractivity contribution in [2.75, 3.05) is 19.6 Å². The van der Waals surface area contributed by atoms with Crippen LogP contribution in [0.5, 0.6) is 0 Å². The molecular weight excluding hydrogens is 433 g/mol. The largest absolute Gasteiger partial charge is 0.357 e. The molecule has 24 heavy (non-hydrogen) atoms. The summed E-state index contributed by atoms with van der Waals surface area (Å²) in [4.78, 5) is 13.0. The quantitative estimate of drug-likeness (QED) is 0.400. The van der Waals surface area contributed by atoms with Crippen LogP contribution in [0.2, 0.25) is 0 Å². The normalized spacial score (nSPS) is 22.6. The Hall–Kier alpha value is -0.410. The van der Waals surface area contributed by atoms with E-state index < -0.39 is 0 Å². The molecule has 1 atom stereocenters. The number of guanidine groups is 1. The molecule has 1 aromatic heterocycles. The first-order chi connectivity index (χ1) is 11.3. The highest BCUT2D eigenvalue weighted by molar-refractivity contribution is 14.0. The molecule has 136 valence electrons. The van der Waals surface area contributed by atoms with Gasteiger partial charge < -0.3 is 10.6 Å². The van der Waals surface area contributed by atoms with Gasteiger partial charge in [-0.05, 0) is 33.1 Å². The van der Waals surface area contributed by atoms with Crippen molar-refractivity contribution < 1.29 is 0 Å². The van der Waals surface area contributed by atoms with E-state index in [-0.39, 0.29) is 24.0 Å². The lowest BCUT2D eigenvalue weighted by Crippen LogP contribution is -2.45. The second-order valence-corrected chi connectivity index (χ2v) is 7.56. The Labute approximate surface area is 166 Å². The molecule has 1 unspecified atom stereocenters. The lowest BCUT2D eigenvalue weighted by atomic mass is 10.2. The zero-order valence-electron chi connectivity index (χ0n) is 14.8. The molecule has 2 N–H and O–H groups in total. The second kappa shape index (κ2) is 9.91. The zero-order valence-corrected chi connectivity index (χ0v) is 17.9. The third-order valence-corrected chi connectivity index (χ3v) is 5.89. The van der Waals surface area contributed by atoms with E-state index in [2.05, 4.69) is 34.4 Å². The number of nitrogens with zero attached hydrogens (tertiary/aromatic N) is 3. The van der Waals surface area contributed by atoms with E-state index in [9.17, 15) is 0 Å². The Bertz CT molecular complexity index is 527. The molecule has 2 heterocycles. The number of aliphatic imine (C=N–C) groups is 1. The number of hydrogen-bond acceptors (Lipinski definition) is 4. The number of halogens is 1. The van der Waals surface area contributed by atoms with Crippen molar-refractivity contribution in [1.29, 1.82) is 0 Å². The molecule has 1 aliphatic carbocycles. The first-order valence-corrected chi connectivity index (χ1v) is 9.82. The Morgan fingerprint density at radius 3 is 2.83 bits per heavy atom. The molecule has 1 saturated carbocycles. The van der Waals surface area contributed by atoms with E-state index in [4.69, 9.17) is 4.99 Å². The summed E-state index contributed by atoms with van der Waals surface area (Å²) in [5.74, 6) is 0.943. The van der Waals surface area contributed by atoms with Gasteiger partial charge in [0, 0.05) is 36.6 Å². The lowest BCUT2D eigenvalue weighted by molar-refractivity contribution is 0.242. The molecule has 7 heteroatoms.